The van der Waals surface area contributed by atoms with E-state index in [1.807, 2.05) is 4.90 Å². The Morgan fingerprint density at radius 1 is 1.89 bits per heavy atom. The zero-order valence-corrected chi connectivity index (χ0v) is 5.10. The second kappa shape index (κ2) is 2.54. The van der Waals surface area contributed by atoms with Gasteiger partial charge in [0.1, 0.15) is 5.83 Å². The third-order valence-corrected chi connectivity index (χ3v) is 1.22. The highest BCUT2D eigenvalue weighted by Crippen LogP contribution is 2.13. The standard InChI is InChI=1S/C7H8FN/c1-2-3-4-9-5-7(8)6-9/h1,5H,3-4,6H2. The van der Waals surface area contributed by atoms with Gasteiger partial charge >= 0.3 is 0 Å². The van der Waals surface area contributed by atoms with Crippen LogP contribution < -0.4 is 0 Å². The molecule has 0 N–H and O–H groups in total. The summed E-state index contributed by atoms with van der Waals surface area (Å²) in [6.45, 7) is 1.23. The summed E-state index contributed by atoms with van der Waals surface area (Å²) in [4.78, 5) is 1.86. The van der Waals surface area contributed by atoms with Crippen LogP contribution in [0.2, 0.25) is 0 Å². The van der Waals surface area contributed by atoms with E-state index in [0.29, 0.717) is 13.0 Å². The number of hydrogen-bond donors (Lipinski definition) is 0. The fourth-order valence-electron chi connectivity index (χ4n) is 0.718. The summed E-state index contributed by atoms with van der Waals surface area (Å²) in [6.07, 6.45) is 7.18. The van der Waals surface area contributed by atoms with Crippen molar-refractivity contribution in [1.29, 1.82) is 0 Å². The van der Waals surface area contributed by atoms with E-state index in [1.54, 1.807) is 0 Å². The molecule has 0 aromatic carbocycles. The summed E-state index contributed by atoms with van der Waals surface area (Å²) >= 11 is 0. The van der Waals surface area contributed by atoms with Crippen LogP contribution in [0.3, 0.4) is 0 Å². The molecule has 0 atom stereocenters. The van der Waals surface area contributed by atoms with Gasteiger partial charge < -0.3 is 4.90 Å². The molecule has 0 saturated heterocycles. The molecule has 0 aliphatic carbocycles. The van der Waals surface area contributed by atoms with Crippen molar-refractivity contribution in [3.8, 4) is 12.3 Å². The molecule has 0 unspecified atom stereocenters. The average Bonchev–Trinajstić information content (AvgIpc) is 1.78. The Morgan fingerprint density at radius 3 is 3.00 bits per heavy atom. The molecule has 0 radical (unpaired) electrons. The molecule has 1 aliphatic heterocycles. The highest BCUT2D eigenvalue weighted by Gasteiger charge is 2.12. The lowest BCUT2D eigenvalue weighted by atomic mass is 10.3. The molecular formula is C7H8FN. The number of hydrogen-bond acceptors (Lipinski definition) is 1. The molecule has 0 bridgehead atoms. The molecule has 0 fully saturated rings. The van der Waals surface area contributed by atoms with Crippen molar-refractivity contribution in [2.75, 3.05) is 13.1 Å². The van der Waals surface area contributed by atoms with Gasteiger partial charge in [-0.2, -0.15) is 0 Å². The Labute approximate surface area is 54.2 Å². The van der Waals surface area contributed by atoms with Gasteiger partial charge in [0.25, 0.3) is 0 Å². The van der Waals surface area contributed by atoms with Crippen LogP contribution in [0.1, 0.15) is 6.42 Å². The van der Waals surface area contributed by atoms with E-state index in [0.717, 1.165) is 6.54 Å². The Balaban J connectivity index is 2.14. The molecule has 48 valence electrons. The predicted octanol–water partition coefficient (Wildman–Crippen LogP) is 1.14. The van der Waals surface area contributed by atoms with Gasteiger partial charge in [-0.05, 0) is 0 Å². The Morgan fingerprint density at radius 2 is 2.56 bits per heavy atom. The third kappa shape index (κ3) is 1.46. The first-order valence-electron chi connectivity index (χ1n) is 2.86. The Kier molecular flexibility index (Phi) is 1.74. The van der Waals surface area contributed by atoms with E-state index in [1.165, 1.54) is 6.20 Å². The summed E-state index contributed by atoms with van der Waals surface area (Å²) < 4.78 is 12.0. The van der Waals surface area contributed by atoms with E-state index in [-0.39, 0.29) is 5.83 Å². The second-order valence-corrected chi connectivity index (χ2v) is 2.00. The minimum absolute atomic E-state index is 0.0491. The Hall–Kier alpha value is -0.970. The lowest BCUT2D eigenvalue weighted by molar-refractivity contribution is 0.311. The van der Waals surface area contributed by atoms with Crippen molar-refractivity contribution in [1.82, 2.24) is 4.90 Å². The van der Waals surface area contributed by atoms with Crippen LogP contribution in [0, 0.1) is 12.3 Å². The van der Waals surface area contributed by atoms with Crippen molar-refractivity contribution < 1.29 is 4.39 Å². The minimum atomic E-state index is -0.0491. The van der Waals surface area contributed by atoms with Crippen LogP contribution in [-0.4, -0.2) is 18.0 Å². The van der Waals surface area contributed by atoms with Crippen molar-refractivity contribution in [2.24, 2.45) is 0 Å². The zero-order chi connectivity index (χ0) is 6.69. The molecule has 1 nitrogen and oxygen atoms in total. The summed E-state index contributed by atoms with van der Waals surface area (Å²) in [6, 6.07) is 0. The first-order chi connectivity index (χ1) is 4.33. The molecule has 1 heterocycles. The number of halogens is 1. The van der Waals surface area contributed by atoms with E-state index in [4.69, 9.17) is 6.42 Å². The molecule has 1 rings (SSSR count). The van der Waals surface area contributed by atoms with Crippen LogP contribution in [-0.2, 0) is 0 Å². The third-order valence-electron chi connectivity index (χ3n) is 1.22. The van der Waals surface area contributed by atoms with Gasteiger partial charge in [0.05, 0.1) is 6.54 Å². The number of rotatable bonds is 2. The molecule has 0 spiro atoms. The highest BCUT2D eigenvalue weighted by molar-refractivity contribution is 5.06. The van der Waals surface area contributed by atoms with Crippen LogP contribution in [0.5, 0.6) is 0 Å². The fraction of sp³-hybridized carbons (Fsp3) is 0.429. The maximum absolute atomic E-state index is 12.0. The Bertz CT molecular complexity index is 166. The zero-order valence-electron chi connectivity index (χ0n) is 5.10. The minimum Gasteiger partial charge on any atom is -0.368 e. The van der Waals surface area contributed by atoms with E-state index in [2.05, 4.69) is 5.92 Å². The smallest absolute Gasteiger partial charge is 0.135 e. The molecule has 9 heavy (non-hydrogen) atoms. The summed E-state index contributed by atoms with van der Waals surface area (Å²) in [7, 11) is 0. The predicted molar refractivity (Wildman–Crippen MR) is 34.2 cm³/mol. The second-order valence-electron chi connectivity index (χ2n) is 2.00. The summed E-state index contributed by atoms with van der Waals surface area (Å²) in [5, 5.41) is 0. The normalized spacial score (nSPS) is 16.0. The molecular weight excluding hydrogens is 117 g/mol. The van der Waals surface area contributed by atoms with Crippen LogP contribution in [0.4, 0.5) is 4.39 Å². The van der Waals surface area contributed by atoms with Crippen LogP contribution in [0.25, 0.3) is 0 Å². The number of terminal acetylenes is 1. The van der Waals surface area contributed by atoms with Gasteiger partial charge in [-0.15, -0.1) is 12.3 Å². The van der Waals surface area contributed by atoms with Crippen molar-refractivity contribution in [3.05, 3.63) is 12.0 Å². The van der Waals surface area contributed by atoms with Crippen LogP contribution >= 0.6 is 0 Å². The maximum Gasteiger partial charge on any atom is 0.135 e. The molecule has 1 aliphatic rings. The summed E-state index contributed by atoms with van der Waals surface area (Å²) in [5.41, 5.74) is 0. The molecule has 0 aromatic rings. The first-order valence-corrected chi connectivity index (χ1v) is 2.86. The molecule has 0 amide bonds. The maximum atomic E-state index is 12.0. The van der Waals surface area contributed by atoms with E-state index < -0.39 is 0 Å². The SMILES string of the molecule is C#CCCN1C=C(F)C1. The molecule has 0 saturated carbocycles. The highest BCUT2D eigenvalue weighted by atomic mass is 19.1. The largest absolute Gasteiger partial charge is 0.368 e. The van der Waals surface area contributed by atoms with Gasteiger partial charge in [-0.25, -0.2) is 4.39 Å². The molecule has 0 aromatic heterocycles. The van der Waals surface area contributed by atoms with Gasteiger partial charge in [-0.3, -0.25) is 0 Å². The van der Waals surface area contributed by atoms with Gasteiger partial charge in [-0.1, -0.05) is 0 Å². The quantitative estimate of drug-likeness (QED) is 0.500. The first kappa shape index (κ1) is 6.15. The van der Waals surface area contributed by atoms with Crippen molar-refractivity contribution >= 4 is 0 Å². The lowest BCUT2D eigenvalue weighted by Gasteiger charge is -2.25. The van der Waals surface area contributed by atoms with E-state index >= 15 is 0 Å². The van der Waals surface area contributed by atoms with Crippen molar-refractivity contribution in [3.63, 3.8) is 0 Å². The fourth-order valence-corrected chi connectivity index (χ4v) is 0.718. The van der Waals surface area contributed by atoms with E-state index in [9.17, 15) is 4.39 Å². The van der Waals surface area contributed by atoms with Crippen molar-refractivity contribution in [2.45, 2.75) is 6.42 Å². The molecule has 2 heteroatoms. The van der Waals surface area contributed by atoms with Crippen LogP contribution in [0.15, 0.2) is 12.0 Å². The number of nitrogens with zero attached hydrogens (tertiary/aromatic N) is 1. The van der Waals surface area contributed by atoms with Gasteiger partial charge in [0.15, 0.2) is 0 Å². The average molecular weight is 125 g/mol. The monoisotopic (exact) mass is 125 g/mol. The summed E-state index contributed by atoms with van der Waals surface area (Å²) in [5.74, 6) is 2.44. The lowest BCUT2D eigenvalue weighted by Crippen LogP contribution is -2.28. The van der Waals surface area contributed by atoms with Gasteiger partial charge in [0, 0.05) is 19.2 Å². The van der Waals surface area contributed by atoms with Gasteiger partial charge in [0.2, 0.25) is 0 Å². The topological polar surface area (TPSA) is 3.24 Å².